The van der Waals surface area contributed by atoms with E-state index in [2.05, 4.69) is 19.3 Å². The van der Waals surface area contributed by atoms with Crippen molar-refractivity contribution in [3.8, 4) is 0 Å². The lowest BCUT2D eigenvalue weighted by Gasteiger charge is -2.03. The van der Waals surface area contributed by atoms with Crippen LogP contribution >= 0.6 is 34.9 Å². The van der Waals surface area contributed by atoms with Gasteiger partial charge in [-0.2, -0.15) is 4.37 Å². The molecular formula is C8H7ClN4OS2. The SMILES string of the molecule is Cc1nsc(Sc2ncnc(Cl)c2CO)n1. The van der Waals surface area contributed by atoms with Gasteiger partial charge in [0.2, 0.25) is 0 Å². The van der Waals surface area contributed by atoms with E-state index in [1.807, 2.05) is 6.92 Å². The predicted octanol–water partition coefficient (Wildman–Crippen LogP) is 1.93. The number of rotatable bonds is 3. The molecule has 16 heavy (non-hydrogen) atoms. The minimum absolute atomic E-state index is 0.195. The number of nitrogens with zero attached hydrogens (tertiary/aromatic N) is 4. The molecule has 0 aliphatic heterocycles. The quantitative estimate of drug-likeness (QED) is 0.863. The molecule has 5 nitrogen and oxygen atoms in total. The molecule has 0 radical (unpaired) electrons. The zero-order valence-corrected chi connectivity index (χ0v) is 10.6. The standard InChI is InChI=1S/C8H7ClN4OS2/c1-4-12-8(16-13-4)15-7-5(2-14)6(9)10-3-11-7/h3,14H,2H2,1H3. The molecule has 84 valence electrons. The van der Waals surface area contributed by atoms with E-state index in [1.165, 1.54) is 29.6 Å². The molecule has 2 aromatic heterocycles. The first-order chi connectivity index (χ1) is 7.70. The predicted molar refractivity (Wildman–Crippen MR) is 61.7 cm³/mol. The summed E-state index contributed by atoms with van der Waals surface area (Å²) in [6, 6.07) is 0. The van der Waals surface area contributed by atoms with Crippen molar-refractivity contribution in [2.24, 2.45) is 0 Å². The summed E-state index contributed by atoms with van der Waals surface area (Å²) in [5.74, 6) is 0.721. The third-order valence-corrected chi connectivity index (χ3v) is 3.92. The second-order valence-electron chi connectivity index (χ2n) is 2.82. The first-order valence-electron chi connectivity index (χ1n) is 4.29. The van der Waals surface area contributed by atoms with Crippen LogP contribution in [-0.4, -0.2) is 24.4 Å². The van der Waals surface area contributed by atoms with Gasteiger partial charge in [0.1, 0.15) is 22.3 Å². The molecule has 0 saturated carbocycles. The van der Waals surface area contributed by atoms with Crippen LogP contribution in [0, 0.1) is 6.92 Å². The Morgan fingerprint density at radius 3 is 2.94 bits per heavy atom. The van der Waals surface area contributed by atoms with E-state index in [1.54, 1.807) is 0 Å². The molecule has 8 heteroatoms. The molecule has 1 N–H and O–H groups in total. The normalized spacial score (nSPS) is 10.7. The van der Waals surface area contributed by atoms with Gasteiger partial charge in [-0.25, -0.2) is 15.0 Å². The molecule has 0 bridgehead atoms. The molecule has 0 spiro atoms. The van der Waals surface area contributed by atoms with Crippen LogP contribution in [0.3, 0.4) is 0 Å². The summed E-state index contributed by atoms with van der Waals surface area (Å²) in [6.07, 6.45) is 1.36. The smallest absolute Gasteiger partial charge is 0.176 e. The topological polar surface area (TPSA) is 71.8 Å². The Labute approximate surface area is 105 Å². The van der Waals surface area contributed by atoms with Gasteiger partial charge in [-0.05, 0) is 30.2 Å². The monoisotopic (exact) mass is 274 g/mol. The molecule has 2 heterocycles. The summed E-state index contributed by atoms with van der Waals surface area (Å²) in [5, 5.41) is 10.0. The Balaban J connectivity index is 2.30. The minimum atomic E-state index is -0.195. The molecule has 0 aliphatic carbocycles. The molecule has 2 rings (SSSR count). The molecule has 0 atom stereocenters. The van der Waals surface area contributed by atoms with Crippen molar-refractivity contribution in [2.75, 3.05) is 0 Å². The highest BCUT2D eigenvalue weighted by Crippen LogP contribution is 2.31. The molecule has 2 aromatic rings. The fraction of sp³-hybridized carbons (Fsp3) is 0.250. The van der Waals surface area contributed by atoms with E-state index >= 15 is 0 Å². The minimum Gasteiger partial charge on any atom is -0.391 e. The van der Waals surface area contributed by atoms with Gasteiger partial charge in [-0.1, -0.05) is 11.6 Å². The van der Waals surface area contributed by atoms with Gasteiger partial charge in [0, 0.05) is 5.56 Å². The lowest BCUT2D eigenvalue weighted by atomic mass is 10.4. The van der Waals surface area contributed by atoms with Crippen molar-refractivity contribution in [3.05, 3.63) is 22.9 Å². The number of aryl methyl sites for hydroxylation is 1. The summed E-state index contributed by atoms with van der Waals surface area (Å²) >= 11 is 8.45. The largest absolute Gasteiger partial charge is 0.391 e. The van der Waals surface area contributed by atoms with Crippen LogP contribution in [0.4, 0.5) is 0 Å². The third-order valence-electron chi connectivity index (χ3n) is 1.70. The first-order valence-corrected chi connectivity index (χ1v) is 6.26. The van der Waals surface area contributed by atoms with Crippen molar-refractivity contribution in [1.29, 1.82) is 0 Å². The highest BCUT2D eigenvalue weighted by Gasteiger charge is 2.12. The zero-order chi connectivity index (χ0) is 11.5. The lowest BCUT2D eigenvalue weighted by molar-refractivity contribution is 0.277. The highest BCUT2D eigenvalue weighted by molar-refractivity contribution is 8.00. The Morgan fingerprint density at radius 2 is 2.31 bits per heavy atom. The fourth-order valence-electron chi connectivity index (χ4n) is 0.999. The molecule has 0 aliphatic rings. The fourth-order valence-corrected chi connectivity index (χ4v) is 2.90. The Bertz CT molecular complexity index is 505. The third kappa shape index (κ3) is 2.49. The van der Waals surface area contributed by atoms with Crippen molar-refractivity contribution < 1.29 is 5.11 Å². The van der Waals surface area contributed by atoms with Crippen molar-refractivity contribution in [3.63, 3.8) is 0 Å². The van der Waals surface area contributed by atoms with E-state index in [9.17, 15) is 5.11 Å². The maximum Gasteiger partial charge on any atom is 0.176 e. The maximum absolute atomic E-state index is 9.17. The van der Waals surface area contributed by atoms with Crippen LogP contribution in [0.15, 0.2) is 15.7 Å². The number of aliphatic hydroxyl groups excluding tert-OH is 1. The number of aromatic nitrogens is 4. The van der Waals surface area contributed by atoms with Gasteiger partial charge in [0.15, 0.2) is 4.34 Å². The summed E-state index contributed by atoms with van der Waals surface area (Å²) in [6.45, 7) is 1.63. The van der Waals surface area contributed by atoms with Gasteiger partial charge in [0.05, 0.1) is 6.61 Å². The average Bonchev–Trinajstić information content (AvgIpc) is 2.64. The molecule has 0 amide bonds. The van der Waals surface area contributed by atoms with Crippen molar-refractivity contribution in [1.82, 2.24) is 19.3 Å². The molecule has 0 saturated heterocycles. The second-order valence-corrected chi connectivity index (χ2v) is 5.16. The van der Waals surface area contributed by atoms with Crippen LogP contribution in [0.2, 0.25) is 5.15 Å². The Hall–Kier alpha value is -0.760. The average molecular weight is 275 g/mol. The van der Waals surface area contributed by atoms with E-state index in [4.69, 9.17) is 11.6 Å². The molecule has 0 unspecified atom stereocenters. The summed E-state index contributed by atoms with van der Waals surface area (Å²) in [4.78, 5) is 12.1. The number of aliphatic hydroxyl groups is 1. The highest BCUT2D eigenvalue weighted by atomic mass is 35.5. The van der Waals surface area contributed by atoms with Gasteiger partial charge in [0.25, 0.3) is 0 Å². The summed E-state index contributed by atoms with van der Waals surface area (Å²) < 4.78 is 4.83. The second kappa shape index (κ2) is 5.05. The zero-order valence-electron chi connectivity index (χ0n) is 8.21. The Morgan fingerprint density at radius 1 is 1.50 bits per heavy atom. The maximum atomic E-state index is 9.17. The van der Waals surface area contributed by atoms with Gasteiger partial charge in [-0.3, -0.25) is 0 Å². The van der Waals surface area contributed by atoms with Crippen LogP contribution in [0.25, 0.3) is 0 Å². The number of hydrogen-bond acceptors (Lipinski definition) is 7. The molecule has 0 fully saturated rings. The van der Waals surface area contributed by atoms with Crippen LogP contribution in [0.5, 0.6) is 0 Å². The van der Waals surface area contributed by atoms with Crippen molar-refractivity contribution >= 4 is 34.9 Å². The summed E-state index contributed by atoms with van der Waals surface area (Å²) in [7, 11) is 0. The lowest BCUT2D eigenvalue weighted by Crippen LogP contribution is -1.95. The molecular weight excluding hydrogens is 268 g/mol. The van der Waals surface area contributed by atoms with E-state index in [0.29, 0.717) is 10.6 Å². The summed E-state index contributed by atoms with van der Waals surface area (Å²) in [5.41, 5.74) is 0.516. The van der Waals surface area contributed by atoms with Gasteiger partial charge in [-0.15, -0.1) is 0 Å². The van der Waals surface area contributed by atoms with Gasteiger partial charge < -0.3 is 5.11 Å². The number of hydrogen-bond donors (Lipinski definition) is 1. The van der Waals surface area contributed by atoms with Crippen LogP contribution in [0.1, 0.15) is 11.4 Å². The molecule has 0 aromatic carbocycles. The number of halogens is 1. The van der Waals surface area contributed by atoms with Crippen LogP contribution in [-0.2, 0) is 6.61 Å². The van der Waals surface area contributed by atoms with E-state index in [0.717, 1.165) is 10.2 Å². The van der Waals surface area contributed by atoms with E-state index in [-0.39, 0.29) is 11.8 Å². The first kappa shape index (κ1) is 11.7. The van der Waals surface area contributed by atoms with Crippen molar-refractivity contribution in [2.45, 2.75) is 22.9 Å². The van der Waals surface area contributed by atoms with Gasteiger partial charge >= 0.3 is 0 Å². The van der Waals surface area contributed by atoms with E-state index < -0.39 is 0 Å². The van der Waals surface area contributed by atoms with Crippen LogP contribution < -0.4 is 0 Å². The Kier molecular flexibility index (Phi) is 3.70.